The van der Waals surface area contributed by atoms with E-state index in [1.807, 2.05) is 0 Å². The van der Waals surface area contributed by atoms with Crippen molar-refractivity contribution in [1.82, 2.24) is 0 Å². The molecule has 0 aromatic rings. The summed E-state index contributed by atoms with van der Waals surface area (Å²) < 4.78 is 0. The molecule has 0 unspecified atom stereocenters. The Morgan fingerprint density at radius 2 is 1.61 bits per heavy atom. The molecule has 176 valence electrons. The van der Waals surface area contributed by atoms with Crippen molar-refractivity contribution >= 4 is 5.78 Å². The lowest BCUT2D eigenvalue weighted by Crippen LogP contribution is -2.56. The van der Waals surface area contributed by atoms with Gasteiger partial charge in [-0.1, -0.05) is 53.7 Å². The number of carbonyl (C=O) groups is 1. The quantitative estimate of drug-likeness (QED) is 0.555. The Balaban J connectivity index is 1.55. The third-order valence-corrected chi connectivity index (χ3v) is 11.2. The zero-order valence-electron chi connectivity index (χ0n) is 20.7. The van der Waals surface area contributed by atoms with Crippen LogP contribution in [0.2, 0.25) is 0 Å². The summed E-state index contributed by atoms with van der Waals surface area (Å²) >= 11 is 0. The van der Waals surface area contributed by atoms with Crippen LogP contribution in [-0.4, -0.2) is 28.2 Å². The van der Waals surface area contributed by atoms with E-state index in [9.17, 15) is 15.0 Å². The summed E-state index contributed by atoms with van der Waals surface area (Å²) in [5.41, 5.74) is 0.318. The SMILES string of the molecule is CC(C)[C@@H](C)[C@@H](O)[C@H](O)[C@@H](C)[C@H]1CC[C@H]2[C@@H]3CC(=O)[C@H]4CC=CC[C@]4(C)[C@@H]3CC[C@]12C. The zero-order valence-corrected chi connectivity index (χ0v) is 20.7. The molecule has 0 bridgehead atoms. The van der Waals surface area contributed by atoms with Gasteiger partial charge in [-0.3, -0.25) is 4.79 Å². The Hall–Kier alpha value is -0.670. The van der Waals surface area contributed by atoms with Gasteiger partial charge >= 0.3 is 0 Å². The molecule has 0 aliphatic heterocycles. The first-order chi connectivity index (χ1) is 14.5. The Kier molecular flexibility index (Phi) is 6.27. The zero-order chi connectivity index (χ0) is 22.7. The van der Waals surface area contributed by atoms with Crippen molar-refractivity contribution in [1.29, 1.82) is 0 Å². The normalized spacial score (nSPS) is 46.1. The van der Waals surface area contributed by atoms with Gasteiger partial charge in [-0.25, -0.2) is 0 Å². The first-order valence-corrected chi connectivity index (χ1v) is 13.1. The number of aliphatic hydroxyl groups is 2. The number of aliphatic hydroxyl groups excluding tert-OH is 2. The van der Waals surface area contributed by atoms with E-state index in [0.717, 1.165) is 25.7 Å². The standard InChI is InChI=1S/C28H46O3/c1-16(2)17(3)25(30)26(31)18(4)20-10-11-21-19-15-24(29)23-9-7-8-13-27(23,5)22(19)12-14-28(20,21)6/h7-8,16-23,25-26,30-31H,9-15H2,1-6H3/t17-,18+,19+,20-,21+,22-,23-,25-,26-,27-,28-/m1/s1. The van der Waals surface area contributed by atoms with Crippen LogP contribution in [0.25, 0.3) is 0 Å². The second kappa shape index (κ2) is 8.28. The molecule has 3 saturated carbocycles. The molecule has 0 aromatic carbocycles. The van der Waals surface area contributed by atoms with Crippen LogP contribution in [0.3, 0.4) is 0 Å². The monoisotopic (exact) mass is 430 g/mol. The molecule has 0 aromatic heterocycles. The minimum atomic E-state index is -0.672. The number of hydrogen-bond acceptors (Lipinski definition) is 3. The lowest BCUT2D eigenvalue weighted by Gasteiger charge is -2.59. The Morgan fingerprint density at radius 3 is 2.29 bits per heavy atom. The van der Waals surface area contributed by atoms with E-state index in [0.29, 0.717) is 35.4 Å². The highest BCUT2D eigenvalue weighted by Gasteiger charge is 2.62. The van der Waals surface area contributed by atoms with Gasteiger partial charge in [0, 0.05) is 12.3 Å². The Bertz CT molecular complexity index is 713. The molecule has 0 heterocycles. The fourth-order valence-electron chi connectivity index (χ4n) is 8.81. The van der Waals surface area contributed by atoms with Gasteiger partial charge in [0.25, 0.3) is 0 Å². The van der Waals surface area contributed by atoms with Gasteiger partial charge in [0.05, 0.1) is 12.2 Å². The van der Waals surface area contributed by atoms with E-state index in [4.69, 9.17) is 0 Å². The van der Waals surface area contributed by atoms with Crippen molar-refractivity contribution in [2.45, 2.75) is 98.7 Å². The van der Waals surface area contributed by atoms with Gasteiger partial charge in [0.2, 0.25) is 0 Å². The van der Waals surface area contributed by atoms with E-state index in [-0.39, 0.29) is 28.6 Å². The molecule has 3 nitrogen and oxygen atoms in total. The molecule has 4 aliphatic rings. The summed E-state index contributed by atoms with van der Waals surface area (Å²) in [6, 6.07) is 0. The fourth-order valence-corrected chi connectivity index (χ4v) is 8.81. The molecule has 0 spiro atoms. The first kappa shape index (κ1) is 23.5. The van der Waals surface area contributed by atoms with Crippen molar-refractivity contribution in [3.63, 3.8) is 0 Å². The van der Waals surface area contributed by atoms with E-state index in [1.165, 1.54) is 19.3 Å². The molecule has 4 rings (SSSR count). The highest BCUT2D eigenvalue weighted by atomic mass is 16.3. The largest absolute Gasteiger partial charge is 0.390 e. The number of fused-ring (bicyclic) bond motifs is 5. The minimum Gasteiger partial charge on any atom is -0.390 e. The van der Waals surface area contributed by atoms with Crippen molar-refractivity contribution in [2.24, 2.45) is 58.2 Å². The summed E-state index contributed by atoms with van der Waals surface area (Å²) in [6.45, 7) is 13.3. The molecular formula is C28H46O3. The third-order valence-electron chi connectivity index (χ3n) is 11.2. The number of rotatable bonds is 5. The van der Waals surface area contributed by atoms with Gasteiger partial charge in [-0.05, 0) is 90.8 Å². The molecule has 0 radical (unpaired) electrons. The van der Waals surface area contributed by atoms with Crippen LogP contribution in [-0.2, 0) is 4.79 Å². The van der Waals surface area contributed by atoms with Crippen LogP contribution >= 0.6 is 0 Å². The minimum absolute atomic E-state index is 0.0861. The summed E-state index contributed by atoms with van der Waals surface area (Å²) in [6.07, 6.45) is 10.7. The maximum absolute atomic E-state index is 13.2. The van der Waals surface area contributed by atoms with Crippen LogP contribution in [0.15, 0.2) is 12.2 Å². The average Bonchev–Trinajstić information content (AvgIpc) is 3.08. The van der Waals surface area contributed by atoms with E-state index in [1.54, 1.807) is 0 Å². The summed E-state index contributed by atoms with van der Waals surface area (Å²) in [5, 5.41) is 22.0. The summed E-state index contributed by atoms with van der Waals surface area (Å²) in [7, 11) is 0. The van der Waals surface area contributed by atoms with E-state index >= 15 is 0 Å². The van der Waals surface area contributed by atoms with Crippen LogP contribution in [0.5, 0.6) is 0 Å². The molecule has 11 atom stereocenters. The van der Waals surface area contributed by atoms with E-state index in [2.05, 4.69) is 53.7 Å². The average molecular weight is 431 g/mol. The smallest absolute Gasteiger partial charge is 0.137 e. The highest BCUT2D eigenvalue weighted by Crippen LogP contribution is 2.67. The van der Waals surface area contributed by atoms with Gasteiger partial charge < -0.3 is 10.2 Å². The lowest BCUT2D eigenvalue weighted by molar-refractivity contribution is -0.151. The molecule has 4 aliphatic carbocycles. The molecule has 0 saturated heterocycles. The van der Waals surface area contributed by atoms with Crippen LogP contribution in [0.1, 0.15) is 86.5 Å². The number of ketones is 1. The third kappa shape index (κ3) is 3.57. The van der Waals surface area contributed by atoms with Crippen molar-refractivity contribution in [3.05, 3.63) is 12.2 Å². The number of hydrogen-bond donors (Lipinski definition) is 2. The van der Waals surface area contributed by atoms with Crippen LogP contribution < -0.4 is 0 Å². The summed E-state index contributed by atoms with van der Waals surface area (Å²) in [4.78, 5) is 13.2. The van der Waals surface area contributed by atoms with Gasteiger partial charge in [-0.2, -0.15) is 0 Å². The van der Waals surface area contributed by atoms with Crippen molar-refractivity contribution in [2.75, 3.05) is 0 Å². The summed E-state index contributed by atoms with van der Waals surface area (Å²) in [5.74, 6) is 3.44. The molecule has 3 heteroatoms. The molecule has 31 heavy (non-hydrogen) atoms. The van der Waals surface area contributed by atoms with Crippen molar-refractivity contribution in [3.8, 4) is 0 Å². The Labute approximate surface area is 190 Å². The van der Waals surface area contributed by atoms with Crippen LogP contribution in [0.4, 0.5) is 0 Å². The molecule has 3 fully saturated rings. The number of carbonyl (C=O) groups excluding carboxylic acids is 1. The van der Waals surface area contributed by atoms with Gasteiger partial charge in [-0.15, -0.1) is 0 Å². The highest BCUT2D eigenvalue weighted by molar-refractivity contribution is 5.83. The lowest BCUT2D eigenvalue weighted by atomic mass is 9.45. The number of Topliss-reactive ketones (excluding diaryl/α,β-unsaturated/α-hetero) is 1. The first-order valence-electron chi connectivity index (χ1n) is 13.1. The number of allylic oxidation sites excluding steroid dienone is 2. The van der Waals surface area contributed by atoms with Gasteiger partial charge in [0.15, 0.2) is 0 Å². The Morgan fingerprint density at radius 1 is 0.935 bits per heavy atom. The predicted molar refractivity (Wildman–Crippen MR) is 125 cm³/mol. The maximum Gasteiger partial charge on any atom is 0.137 e. The predicted octanol–water partition coefficient (Wildman–Crippen LogP) is 5.64. The van der Waals surface area contributed by atoms with Crippen molar-refractivity contribution < 1.29 is 15.0 Å². The van der Waals surface area contributed by atoms with Crippen LogP contribution in [0, 0.1) is 58.2 Å². The second-order valence-corrected chi connectivity index (χ2v) is 12.7. The fraction of sp³-hybridized carbons (Fsp3) is 0.893. The van der Waals surface area contributed by atoms with E-state index < -0.39 is 12.2 Å². The maximum atomic E-state index is 13.2. The topological polar surface area (TPSA) is 57.5 Å². The second-order valence-electron chi connectivity index (χ2n) is 12.7. The van der Waals surface area contributed by atoms with Gasteiger partial charge in [0.1, 0.15) is 5.78 Å². The molecule has 0 amide bonds. The molecular weight excluding hydrogens is 384 g/mol. The molecule has 2 N–H and O–H groups in total.